The lowest BCUT2D eigenvalue weighted by Crippen LogP contribution is -2.01. The second kappa shape index (κ2) is 15.6. The van der Waals surface area contributed by atoms with E-state index in [4.69, 9.17) is 9.47 Å². The van der Waals surface area contributed by atoms with Crippen LogP contribution < -0.4 is 9.47 Å². The van der Waals surface area contributed by atoms with Crippen molar-refractivity contribution in [2.24, 2.45) is 0 Å². The van der Waals surface area contributed by atoms with Crippen molar-refractivity contribution in [2.75, 3.05) is 48.7 Å². The Morgan fingerprint density at radius 1 is 0.500 bits per heavy atom. The van der Waals surface area contributed by atoms with E-state index >= 15 is 0 Å². The topological polar surface area (TPSA) is 18.5 Å². The van der Waals surface area contributed by atoms with E-state index < -0.39 is 0 Å². The van der Waals surface area contributed by atoms with Crippen LogP contribution in [0.1, 0.15) is 36.8 Å². The van der Waals surface area contributed by atoms with Crippen molar-refractivity contribution in [3.63, 3.8) is 0 Å². The van der Waals surface area contributed by atoms with Crippen molar-refractivity contribution in [1.29, 1.82) is 0 Å². The molecule has 0 fully saturated rings. The Labute approximate surface area is 257 Å². The molecule has 0 radical (unpaired) electrons. The second-order valence-corrected chi connectivity index (χ2v) is 14.7. The minimum Gasteiger partial charge on any atom is -0.496 e. The Morgan fingerprint density at radius 3 is 1.35 bits per heavy atom. The Balaban J connectivity index is 1.63. The molecule has 0 amide bonds. The van der Waals surface area contributed by atoms with Gasteiger partial charge in [0.1, 0.15) is 11.5 Å². The predicted molar refractivity (Wildman–Crippen MR) is 185 cm³/mol. The van der Waals surface area contributed by atoms with Gasteiger partial charge < -0.3 is 9.47 Å². The van der Waals surface area contributed by atoms with Crippen LogP contribution in [-0.2, 0) is 11.5 Å². The van der Waals surface area contributed by atoms with Crippen LogP contribution in [0.5, 0.6) is 11.5 Å². The van der Waals surface area contributed by atoms with Crippen molar-refractivity contribution in [3.05, 3.63) is 71.8 Å². The molecular formula is C34H40O2S4. The molecule has 0 aliphatic carbocycles. The molecule has 1 aliphatic rings. The molecular weight excluding hydrogens is 569 g/mol. The summed E-state index contributed by atoms with van der Waals surface area (Å²) in [5.74, 6) is 11.3. The molecule has 4 aromatic carbocycles. The van der Waals surface area contributed by atoms with E-state index in [9.17, 15) is 0 Å². The summed E-state index contributed by atoms with van der Waals surface area (Å²) < 4.78 is 12.6. The van der Waals surface area contributed by atoms with Crippen molar-refractivity contribution >= 4 is 68.6 Å². The molecule has 4 aromatic rings. The summed E-state index contributed by atoms with van der Waals surface area (Å²) in [5, 5.41) is 4.93. The van der Waals surface area contributed by atoms with Crippen LogP contribution in [0.15, 0.2) is 60.7 Å². The molecule has 1 heterocycles. The zero-order valence-electron chi connectivity index (χ0n) is 23.7. The van der Waals surface area contributed by atoms with Gasteiger partial charge in [-0.2, -0.15) is 47.0 Å². The molecule has 40 heavy (non-hydrogen) atoms. The fourth-order valence-corrected chi connectivity index (χ4v) is 9.59. The van der Waals surface area contributed by atoms with Crippen LogP contribution >= 0.6 is 47.0 Å². The van der Waals surface area contributed by atoms with E-state index in [0.29, 0.717) is 0 Å². The molecule has 0 spiro atoms. The highest BCUT2D eigenvalue weighted by atomic mass is 32.2. The van der Waals surface area contributed by atoms with Gasteiger partial charge in [0.15, 0.2) is 0 Å². The lowest BCUT2D eigenvalue weighted by molar-refractivity contribution is 0.407. The summed E-state index contributed by atoms with van der Waals surface area (Å²) >= 11 is 8.30. The van der Waals surface area contributed by atoms with Crippen molar-refractivity contribution in [2.45, 2.75) is 37.2 Å². The summed E-state index contributed by atoms with van der Waals surface area (Å²) in [4.78, 5) is 0. The molecule has 5 rings (SSSR count). The minimum atomic E-state index is 0.943. The number of rotatable bonds is 2. The molecule has 0 saturated carbocycles. The molecule has 212 valence electrons. The van der Waals surface area contributed by atoms with E-state index in [1.54, 1.807) is 0 Å². The van der Waals surface area contributed by atoms with Crippen LogP contribution in [0.3, 0.4) is 0 Å². The summed E-state index contributed by atoms with van der Waals surface area (Å²) in [5.41, 5.74) is 4.84. The fourth-order valence-electron chi connectivity index (χ4n) is 5.45. The predicted octanol–water partition coefficient (Wildman–Crippen LogP) is 10.2. The third-order valence-corrected chi connectivity index (χ3v) is 11.8. The van der Waals surface area contributed by atoms with E-state index in [1.165, 1.54) is 92.9 Å². The zero-order chi connectivity index (χ0) is 27.6. The van der Waals surface area contributed by atoms with Gasteiger partial charge in [0.25, 0.3) is 0 Å². The number of hydrogen-bond acceptors (Lipinski definition) is 6. The van der Waals surface area contributed by atoms with Crippen molar-refractivity contribution in [3.8, 4) is 22.6 Å². The van der Waals surface area contributed by atoms with E-state index in [0.717, 1.165) is 34.1 Å². The zero-order valence-corrected chi connectivity index (χ0v) is 27.0. The summed E-state index contributed by atoms with van der Waals surface area (Å²) in [6, 6.07) is 22.2. The third-order valence-electron chi connectivity index (χ3n) is 7.31. The van der Waals surface area contributed by atoms with Gasteiger partial charge in [-0.25, -0.2) is 0 Å². The number of thioether (sulfide) groups is 4. The van der Waals surface area contributed by atoms with E-state index in [2.05, 4.69) is 84.2 Å². The SMILES string of the molecule is COc1c2cc3ccccc3c1-c1c(OC)c(cc3ccccc13)CSCCCSCCCCSCCCSC2. The smallest absolute Gasteiger partial charge is 0.131 e. The van der Waals surface area contributed by atoms with Crippen LogP contribution in [0.25, 0.3) is 32.7 Å². The monoisotopic (exact) mass is 608 g/mol. The molecule has 0 unspecified atom stereocenters. The van der Waals surface area contributed by atoms with Gasteiger partial charge in [-0.3, -0.25) is 0 Å². The molecule has 4 bridgehead atoms. The van der Waals surface area contributed by atoms with Crippen LogP contribution in [0.2, 0.25) is 0 Å². The van der Waals surface area contributed by atoms with Gasteiger partial charge in [0.2, 0.25) is 0 Å². The minimum absolute atomic E-state index is 0.943. The lowest BCUT2D eigenvalue weighted by Gasteiger charge is -2.22. The highest BCUT2D eigenvalue weighted by molar-refractivity contribution is 8.00. The average Bonchev–Trinajstić information content (AvgIpc) is 2.99. The Bertz CT molecular complexity index is 1300. The first-order valence-electron chi connectivity index (χ1n) is 14.3. The summed E-state index contributed by atoms with van der Waals surface area (Å²) in [7, 11) is 3.66. The quantitative estimate of drug-likeness (QED) is 0.224. The first-order valence-corrected chi connectivity index (χ1v) is 18.9. The summed E-state index contributed by atoms with van der Waals surface area (Å²) in [6.45, 7) is 0. The molecule has 0 aromatic heterocycles. The van der Waals surface area contributed by atoms with Gasteiger partial charge in [0, 0.05) is 33.8 Å². The first-order chi connectivity index (χ1) is 19.8. The molecule has 0 atom stereocenters. The second-order valence-electron chi connectivity index (χ2n) is 10.1. The van der Waals surface area contributed by atoms with E-state index in [-0.39, 0.29) is 0 Å². The van der Waals surface area contributed by atoms with Gasteiger partial charge in [-0.1, -0.05) is 48.5 Å². The highest BCUT2D eigenvalue weighted by Crippen LogP contribution is 2.49. The van der Waals surface area contributed by atoms with Crippen molar-refractivity contribution in [1.82, 2.24) is 0 Å². The summed E-state index contributed by atoms with van der Waals surface area (Å²) in [6.07, 6.45) is 5.21. The number of benzene rings is 4. The molecule has 1 aliphatic heterocycles. The maximum atomic E-state index is 6.29. The Kier molecular flexibility index (Phi) is 11.6. The molecule has 0 N–H and O–H groups in total. The lowest BCUT2D eigenvalue weighted by atomic mass is 9.89. The van der Waals surface area contributed by atoms with Gasteiger partial charge in [-0.15, -0.1) is 0 Å². The maximum absolute atomic E-state index is 6.29. The Hall–Kier alpha value is -1.60. The highest BCUT2D eigenvalue weighted by Gasteiger charge is 2.23. The van der Waals surface area contributed by atoms with Crippen LogP contribution in [-0.4, -0.2) is 48.7 Å². The van der Waals surface area contributed by atoms with Gasteiger partial charge in [0.05, 0.1) is 14.2 Å². The number of fused-ring (bicyclic) bond motifs is 9. The Morgan fingerprint density at radius 2 is 0.900 bits per heavy atom. The molecule has 2 nitrogen and oxygen atoms in total. The largest absolute Gasteiger partial charge is 0.496 e. The van der Waals surface area contributed by atoms with E-state index in [1.807, 2.05) is 37.7 Å². The molecule has 6 heteroatoms. The number of ether oxygens (including phenoxy) is 2. The standard InChI is InChI=1S/C34H40O2S4/c1-35-33-27-21-25-11-3-5-13-29(25)31(33)32-30-14-6-4-12-26(30)22-28(34(32)36-2)24-40-20-10-18-38-16-8-7-15-37-17-9-19-39-23-27/h3-6,11-14,21-22H,7-10,15-20,23-24H2,1-2H3. The van der Waals surface area contributed by atoms with Crippen LogP contribution in [0.4, 0.5) is 0 Å². The fraction of sp³-hybridized carbons (Fsp3) is 0.412. The van der Waals surface area contributed by atoms with Crippen LogP contribution in [0, 0.1) is 0 Å². The third kappa shape index (κ3) is 7.24. The number of hydrogen-bond donors (Lipinski definition) is 0. The number of methoxy groups -OCH3 is 2. The molecule has 0 saturated heterocycles. The average molecular weight is 609 g/mol. The first kappa shape index (κ1) is 29.9. The normalized spacial score (nSPS) is 16.6. The van der Waals surface area contributed by atoms with Crippen molar-refractivity contribution < 1.29 is 9.47 Å². The van der Waals surface area contributed by atoms with Gasteiger partial charge in [-0.05, 0) is 93.9 Å². The van der Waals surface area contributed by atoms with Gasteiger partial charge >= 0.3 is 0 Å². The maximum Gasteiger partial charge on any atom is 0.131 e.